The summed E-state index contributed by atoms with van der Waals surface area (Å²) in [6, 6.07) is 4.85. The maximum atomic E-state index is 11.9. The minimum absolute atomic E-state index is 0.159. The third-order valence-corrected chi connectivity index (χ3v) is 3.14. The molecule has 96 valence electrons. The smallest absolute Gasteiger partial charge is 0.258 e. The molecule has 0 heterocycles. The molecule has 0 unspecified atom stereocenters. The Bertz CT molecular complexity index is 630. The maximum Gasteiger partial charge on any atom is 0.270 e. The number of nitrogens with zero attached hydrogens (tertiary/aromatic N) is 1. The van der Waals surface area contributed by atoms with Gasteiger partial charge in [-0.3, -0.25) is 10.1 Å². The second-order valence-electron chi connectivity index (χ2n) is 4.73. The van der Waals surface area contributed by atoms with Crippen molar-refractivity contribution in [1.29, 1.82) is 0 Å². The van der Waals surface area contributed by atoms with Crippen molar-refractivity contribution >= 4 is 15.5 Å². The van der Waals surface area contributed by atoms with E-state index in [-0.39, 0.29) is 10.6 Å². The van der Waals surface area contributed by atoms with Crippen LogP contribution in [0.25, 0.3) is 0 Å². The summed E-state index contributed by atoms with van der Waals surface area (Å²) in [5, 5.41) is 12.8. The van der Waals surface area contributed by atoms with Gasteiger partial charge in [0.25, 0.3) is 5.69 Å². The number of nitro groups is 1. The lowest BCUT2D eigenvalue weighted by Crippen LogP contribution is -2.03. The highest BCUT2D eigenvalue weighted by atomic mass is 32.2. The van der Waals surface area contributed by atoms with Gasteiger partial charge in [0, 0.05) is 22.8 Å². The first-order chi connectivity index (χ1) is 8.12. The van der Waals surface area contributed by atoms with Crippen molar-refractivity contribution in [3.05, 3.63) is 34.4 Å². The molecule has 0 bridgehead atoms. The molecule has 1 rings (SSSR count). The summed E-state index contributed by atoms with van der Waals surface area (Å²) >= 11 is 0. The van der Waals surface area contributed by atoms with Crippen molar-refractivity contribution in [2.24, 2.45) is 5.41 Å². The van der Waals surface area contributed by atoms with E-state index >= 15 is 0 Å². The summed E-state index contributed by atoms with van der Waals surface area (Å²) in [4.78, 5) is 9.77. The van der Waals surface area contributed by atoms with Crippen molar-refractivity contribution in [3.8, 4) is 11.2 Å². The van der Waals surface area contributed by atoms with E-state index in [0.29, 0.717) is 0 Å². The first kappa shape index (κ1) is 14.2. The van der Waals surface area contributed by atoms with Gasteiger partial charge in [0.05, 0.1) is 9.82 Å². The van der Waals surface area contributed by atoms with Gasteiger partial charge in [-0.05, 0) is 26.8 Å². The number of sulfone groups is 1. The molecule has 5 nitrogen and oxygen atoms in total. The lowest BCUT2D eigenvalue weighted by molar-refractivity contribution is -0.385. The molecule has 0 aliphatic heterocycles. The number of benzene rings is 1. The Labute approximate surface area is 106 Å². The van der Waals surface area contributed by atoms with Crippen molar-refractivity contribution in [1.82, 2.24) is 0 Å². The predicted molar refractivity (Wildman–Crippen MR) is 67.5 cm³/mol. The lowest BCUT2D eigenvalue weighted by Gasteiger charge is -2.06. The fraction of sp³-hybridized carbons (Fsp3) is 0.333. The van der Waals surface area contributed by atoms with Crippen molar-refractivity contribution in [2.75, 3.05) is 0 Å². The fourth-order valence-corrected chi connectivity index (χ4v) is 2.14. The summed E-state index contributed by atoms with van der Waals surface area (Å²) < 4.78 is 23.7. The molecule has 0 spiro atoms. The number of non-ortho nitro benzene ring substituents is 1. The molecule has 0 N–H and O–H groups in total. The number of rotatable bonds is 2. The van der Waals surface area contributed by atoms with Gasteiger partial charge < -0.3 is 0 Å². The number of hydrogen-bond donors (Lipinski definition) is 0. The molecule has 0 aliphatic carbocycles. The highest BCUT2D eigenvalue weighted by Gasteiger charge is 2.16. The van der Waals surface area contributed by atoms with E-state index in [1.165, 1.54) is 18.2 Å². The quantitative estimate of drug-likeness (QED) is 0.357. The van der Waals surface area contributed by atoms with E-state index in [9.17, 15) is 18.5 Å². The second-order valence-corrected chi connectivity index (χ2v) is 6.42. The summed E-state index contributed by atoms with van der Waals surface area (Å²) in [6.07, 6.45) is 0. The summed E-state index contributed by atoms with van der Waals surface area (Å²) in [5.74, 6) is 2.60. The summed E-state index contributed by atoms with van der Waals surface area (Å²) in [5.41, 5.74) is -0.720. The Balaban J connectivity index is 3.25. The van der Waals surface area contributed by atoms with Gasteiger partial charge in [0.1, 0.15) is 0 Å². The van der Waals surface area contributed by atoms with Gasteiger partial charge in [0.2, 0.25) is 9.84 Å². The van der Waals surface area contributed by atoms with Crippen LogP contribution in [0.1, 0.15) is 20.8 Å². The molecule has 0 aromatic heterocycles. The van der Waals surface area contributed by atoms with E-state index in [0.717, 1.165) is 6.07 Å². The molecular formula is C12H13NO4S. The average Bonchev–Trinajstić information content (AvgIpc) is 2.26. The van der Waals surface area contributed by atoms with Gasteiger partial charge >= 0.3 is 0 Å². The Hall–Kier alpha value is -1.87. The van der Waals surface area contributed by atoms with E-state index in [1.54, 1.807) is 20.8 Å². The van der Waals surface area contributed by atoms with E-state index in [2.05, 4.69) is 11.2 Å². The van der Waals surface area contributed by atoms with Gasteiger partial charge in [-0.1, -0.05) is 12.0 Å². The SMILES string of the molecule is CC(C)(C)C#CS(=O)(=O)c1cccc([N+](=O)[O-])c1. The van der Waals surface area contributed by atoms with Crippen LogP contribution in [0.3, 0.4) is 0 Å². The Morgan fingerprint density at radius 2 is 1.89 bits per heavy atom. The summed E-state index contributed by atoms with van der Waals surface area (Å²) in [6.45, 7) is 5.34. The van der Waals surface area contributed by atoms with Crippen LogP contribution in [0.15, 0.2) is 29.2 Å². The summed E-state index contributed by atoms with van der Waals surface area (Å²) in [7, 11) is -3.82. The molecule has 0 radical (unpaired) electrons. The number of nitro benzene ring substituents is 1. The van der Waals surface area contributed by atoms with E-state index in [1.807, 2.05) is 0 Å². The minimum atomic E-state index is -3.82. The van der Waals surface area contributed by atoms with E-state index < -0.39 is 20.2 Å². The molecule has 0 saturated carbocycles. The van der Waals surface area contributed by atoms with Crippen LogP contribution >= 0.6 is 0 Å². The van der Waals surface area contributed by atoms with Crippen LogP contribution in [0.2, 0.25) is 0 Å². The monoisotopic (exact) mass is 267 g/mol. The van der Waals surface area contributed by atoms with Crippen molar-refractivity contribution < 1.29 is 13.3 Å². The van der Waals surface area contributed by atoms with Crippen LogP contribution in [0.4, 0.5) is 5.69 Å². The Morgan fingerprint density at radius 3 is 2.39 bits per heavy atom. The molecule has 0 saturated heterocycles. The molecule has 1 aromatic carbocycles. The topological polar surface area (TPSA) is 77.3 Å². The van der Waals surface area contributed by atoms with Gasteiger partial charge in [-0.15, -0.1) is 0 Å². The second kappa shape index (κ2) is 4.78. The molecule has 0 fully saturated rings. The first-order valence-corrected chi connectivity index (χ1v) is 6.63. The van der Waals surface area contributed by atoms with Gasteiger partial charge in [-0.25, -0.2) is 8.42 Å². The van der Waals surface area contributed by atoms with Crippen LogP contribution < -0.4 is 0 Å². The molecule has 0 atom stereocenters. The average molecular weight is 267 g/mol. The Morgan fingerprint density at radius 1 is 1.28 bits per heavy atom. The molecule has 6 heteroatoms. The standard InChI is InChI=1S/C12H13NO4S/c1-12(2,3)7-8-18(16,17)11-6-4-5-10(9-11)13(14)15/h4-6,9H,1-3H3. The Kier molecular flexibility index (Phi) is 3.77. The van der Waals surface area contributed by atoms with Crippen LogP contribution in [0.5, 0.6) is 0 Å². The largest absolute Gasteiger partial charge is 0.270 e. The third-order valence-electron chi connectivity index (χ3n) is 1.90. The van der Waals surface area contributed by atoms with Gasteiger partial charge in [0.15, 0.2) is 0 Å². The van der Waals surface area contributed by atoms with Crippen molar-refractivity contribution in [2.45, 2.75) is 25.7 Å². The van der Waals surface area contributed by atoms with Crippen LogP contribution in [0, 0.1) is 26.7 Å². The molecule has 0 amide bonds. The predicted octanol–water partition coefficient (Wildman–Crippen LogP) is 2.38. The lowest BCUT2D eigenvalue weighted by atomic mass is 9.99. The first-order valence-electron chi connectivity index (χ1n) is 5.15. The zero-order valence-corrected chi connectivity index (χ0v) is 11.1. The normalized spacial score (nSPS) is 11.5. The highest BCUT2D eigenvalue weighted by Crippen LogP contribution is 2.18. The zero-order valence-electron chi connectivity index (χ0n) is 10.3. The molecular weight excluding hydrogens is 254 g/mol. The van der Waals surface area contributed by atoms with Gasteiger partial charge in [-0.2, -0.15) is 0 Å². The van der Waals surface area contributed by atoms with Crippen LogP contribution in [-0.2, 0) is 9.84 Å². The number of hydrogen-bond acceptors (Lipinski definition) is 4. The van der Waals surface area contributed by atoms with E-state index in [4.69, 9.17) is 0 Å². The molecule has 1 aromatic rings. The van der Waals surface area contributed by atoms with Crippen molar-refractivity contribution in [3.63, 3.8) is 0 Å². The maximum absolute atomic E-state index is 11.9. The molecule has 18 heavy (non-hydrogen) atoms. The highest BCUT2D eigenvalue weighted by molar-refractivity contribution is 7.96. The molecule has 0 aliphatic rings. The zero-order chi connectivity index (χ0) is 14.0. The fourth-order valence-electron chi connectivity index (χ4n) is 1.04. The van der Waals surface area contributed by atoms with Crippen LogP contribution in [-0.4, -0.2) is 13.3 Å². The minimum Gasteiger partial charge on any atom is -0.258 e. The third kappa shape index (κ3) is 3.86.